The van der Waals surface area contributed by atoms with Crippen molar-refractivity contribution >= 4 is 28.9 Å². The smallest absolute Gasteiger partial charge is 0.338 e. The number of nitrogens with zero attached hydrogens (tertiary/aromatic N) is 2. The zero-order chi connectivity index (χ0) is 15.7. The van der Waals surface area contributed by atoms with Crippen LogP contribution >= 0.6 is 11.6 Å². The number of carboxylic acids is 1. The van der Waals surface area contributed by atoms with Crippen molar-refractivity contribution in [2.75, 3.05) is 18.6 Å². The highest BCUT2D eigenvalue weighted by Gasteiger charge is 2.30. The third kappa shape index (κ3) is 3.00. The van der Waals surface area contributed by atoms with Gasteiger partial charge in [-0.25, -0.2) is 4.79 Å². The van der Waals surface area contributed by atoms with Crippen molar-refractivity contribution in [3.8, 4) is 0 Å². The summed E-state index contributed by atoms with van der Waals surface area (Å²) in [6.07, 6.45) is 0. The number of aromatic carboxylic acids is 1. The van der Waals surface area contributed by atoms with Crippen LogP contribution in [0.25, 0.3) is 0 Å². The molecule has 0 atom stereocenters. The van der Waals surface area contributed by atoms with Gasteiger partial charge in [0.05, 0.1) is 33.3 Å². The molecule has 0 saturated heterocycles. The summed E-state index contributed by atoms with van der Waals surface area (Å²) in [5, 5.41) is 29.3. The molecule has 1 aromatic carbocycles. The molecule has 0 aromatic heterocycles. The zero-order valence-corrected chi connectivity index (χ0v) is 12.0. The van der Waals surface area contributed by atoms with Crippen molar-refractivity contribution in [3.63, 3.8) is 0 Å². The molecule has 1 rings (SSSR count). The summed E-state index contributed by atoms with van der Waals surface area (Å²) in [6.45, 7) is 3.14. The quantitative estimate of drug-likeness (QED) is 0.638. The van der Waals surface area contributed by atoms with Crippen molar-refractivity contribution in [2.24, 2.45) is 0 Å². The molecule has 0 radical (unpaired) electrons. The SMILES string of the molecule is CN(c1c(Cl)cc([N+](=O)[O-])cc1C(=O)O)C(C)(C)CO. The Bertz CT molecular complexity index is 559. The number of carbonyl (C=O) groups is 1. The van der Waals surface area contributed by atoms with Crippen LogP contribution in [0, 0.1) is 10.1 Å². The molecule has 0 spiro atoms. The molecule has 0 saturated carbocycles. The largest absolute Gasteiger partial charge is 0.478 e. The number of aliphatic hydroxyl groups is 1. The van der Waals surface area contributed by atoms with E-state index in [1.807, 2.05) is 0 Å². The molecule has 0 unspecified atom stereocenters. The second-order valence-electron chi connectivity index (χ2n) is 4.92. The number of anilines is 1. The number of likely N-dealkylation sites (N-methyl/N-ethyl adjacent to an activating group) is 1. The fourth-order valence-electron chi connectivity index (χ4n) is 1.60. The lowest BCUT2D eigenvalue weighted by Crippen LogP contribution is -2.45. The van der Waals surface area contributed by atoms with Gasteiger partial charge < -0.3 is 15.1 Å². The van der Waals surface area contributed by atoms with Gasteiger partial charge in [-0.05, 0) is 13.8 Å². The summed E-state index contributed by atoms with van der Waals surface area (Å²) in [6, 6.07) is 2.04. The minimum atomic E-state index is -1.33. The predicted molar refractivity (Wildman–Crippen MR) is 74.6 cm³/mol. The van der Waals surface area contributed by atoms with E-state index in [1.165, 1.54) is 4.90 Å². The van der Waals surface area contributed by atoms with E-state index < -0.39 is 22.1 Å². The van der Waals surface area contributed by atoms with Gasteiger partial charge in [-0.1, -0.05) is 11.6 Å². The van der Waals surface area contributed by atoms with Crippen molar-refractivity contribution in [1.82, 2.24) is 0 Å². The second-order valence-corrected chi connectivity index (χ2v) is 5.32. The Morgan fingerprint density at radius 3 is 2.45 bits per heavy atom. The van der Waals surface area contributed by atoms with Crippen LogP contribution in [0.1, 0.15) is 24.2 Å². The van der Waals surface area contributed by atoms with E-state index in [0.29, 0.717) is 0 Å². The second kappa shape index (κ2) is 5.64. The Morgan fingerprint density at radius 2 is 2.05 bits per heavy atom. The third-order valence-corrected chi connectivity index (χ3v) is 3.41. The summed E-state index contributed by atoms with van der Waals surface area (Å²) >= 11 is 5.99. The van der Waals surface area contributed by atoms with Crippen LogP contribution < -0.4 is 4.90 Å². The van der Waals surface area contributed by atoms with Crippen molar-refractivity contribution < 1.29 is 19.9 Å². The van der Waals surface area contributed by atoms with E-state index in [2.05, 4.69) is 0 Å². The Hall–Kier alpha value is -1.86. The van der Waals surface area contributed by atoms with Gasteiger partial charge in [0, 0.05) is 19.2 Å². The van der Waals surface area contributed by atoms with E-state index in [9.17, 15) is 25.1 Å². The number of benzene rings is 1. The van der Waals surface area contributed by atoms with E-state index >= 15 is 0 Å². The first kappa shape index (κ1) is 16.2. The van der Waals surface area contributed by atoms with Crippen molar-refractivity contribution in [2.45, 2.75) is 19.4 Å². The van der Waals surface area contributed by atoms with Crippen LogP contribution in [0.4, 0.5) is 11.4 Å². The molecule has 7 nitrogen and oxygen atoms in total. The molecular weight excluding hydrogens is 288 g/mol. The molecular formula is C12H15ClN2O5. The summed E-state index contributed by atoms with van der Waals surface area (Å²) in [5.41, 5.74) is -1.33. The number of carboxylic acid groups (broad SMARTS) is 1. The predicted octanol–water partition coefficient (Wildman–Crippen LogP) is 2.15. The fraction of sp³-hybridized carbons (Fsp3) is 0.417. The molecule has 0 bridgehead atoms. The molecule has 0 aliphatic heterocycles. The summed E-state index contributed by atoms with van der Waals surface area (Å²) in [5.74, 6) is -1.33. The minimum absolute atomic E-state index is 0.0550. The topological polar surface area (TPSA) is 104 Å². The Balaban J connectivity index is 3.54. The summed E-state index contributed by atoms with van der Waals surface area (Å²) in [7, 11) is 1.57. The van der Waals surface area contributed by atoms with Gasteiger partial charge in [-0.2, -0.15) is 0 Å². The van der Waals surface area contributed by atoms with Crippen molar-refractivity contribution in [1.29, 1.82) is 0 Å². The lowest BCUT2D eigenvalue weighted by Gasteiger charge is -2.37. The van der Waals surface area contributed by atoms with Crippen LogP contribution in [-0.2, 0) is 0 Å². The Kier molecular flexibility index (Phi) is 4.57. The van der Waals surface area contributed by atoms with Crippen molar-refractivity contribution in [3.05, 3.63) is 32.8 Å². The monoisotopic (exact) mass is 302 g/mol. The van der Waals surface area contributed by atoms with Crippen LogP contribution in [0.5, 0.6) is 0 Å². The molecule has 110 valence electrons. The van der Waals surface area contributed by atoms with Crippen LogP contribution in [0.2, 0.25) is 5.02 Å². The van der Waals surface area contributed by atoms with Crippen LogP contribution in [-0.4, -0.2) is 40.3 Å². The molecule has 2 N–H and O–H groups in total. The van der Waals surface area contributed by atoms with Crippen LogP contribution in [0.3, 0.4) is 0 Å². The zero-order valence-electron chi connectivity index (χ0n) is 11.3. The number of hydrogen-bond donors (Lipinski definition) is 2. The first-order valence-electron chi connectivity index (χ1n) is 5.67. The number of hydrogen-bond acceptors (Lipinski definition) is 5. The minimum Gasteiger partial charge on any atom is -0.478 e. The Labute approximate surface area is 120 Å². The molecule has 8 heteroatoms. The van der Waals surface area contributed by atoms with E-state index in [1.54, 1.807) is 20.9 Å². The molecule has 0 heterocycles. The number of halogens is 1. The number of nitro groups is 1. The van der Waals surface area contributed by atoms with E-state index in [0.717, 1.165) is 12.1 Å². The fourth-order valence-corrected chi connectivity index (χ4v) is 1.94. The summed E-state index contributed by atoms with van der Waals surface area (Å²) in [4.78, 5) is 22.8. The Morgan fingerprint density at radius 1 is 1.50 bits per heavy atom. The van der Waals surface area contributed by atoms with Gasteiger partial charge >= 0.3 is 5.97 Å². The molecule has 20 heavy (non-hydrogen) atoms. The average molecular weight is 303 g/mol. The van der Waals surface area contributed by atoms with Gasteiger partial charge in [-0.3, -0.25) is 10.1 Å². The normalized spacial score (nSPS) is 11.2. The number of aliphatic hydroxyl groups excluding tert-OH is 1. The lowest BCUT2D eigenvalue weighted by atomic mass is 10.0. The first-order chi connectivity index (χ1) is 9.11. The molecule has 0 fully saturated rings. The highest BCUT2D eigenvalue weighted by molar-refractivity contribution is 6.34. The molecule has 1 aromatic rings. The van der Waals surface area contributed by atoms with Gasteiger partial charge in [0.15, 0.2) is 0 Å². The maximum atomic E-state index is 11.3. The maximum absolute atomic E-state index is 11.3. The number of rotatable bonds is 5. The molecule has 0 amide bonds. The first-order valence-corrected chi connectivity index (χ1v) is 6.05. The lowest BCUT2D eigenvalue weighted by molar-refractivity contribution is -0.384. The van der Waals surface area contributed by atoms with E-state index in [4.69, 9.17) is 11.6 Å². The summed E-state index contributed by atoms with van der Waals surface area (Å²) < 4.78 is 0. The standard InChI is InChI=1S/C12H15ClN2O5/c1-12(2,6-16)14(3)10-8(11(17)18)4-7(15(19)20)5-9(10)13/h4-5,16H,6H2,1-3H3,(H,17,18). The van der Waals surface area contributed by atoms with E-state index in [-0.39, 0.29) is 22.9 Å². The molecule has 0 aliphatic rings. The van der Waals surface area contributed by atoms with Gasteiger partial charge in [0.2, 0.25) is 0 Å². The average Bonchev–Trinajstić information content (AvgIpc) is 2.36. The van der Waals surface area contributed by atoms with Crippen LogP contribution in [0.15, 0.2) is 12.1 Å². The third-order valence-electron chi connectivity index (χ3n) is 3.12. The maximum Gasteiger partial charge on any atom is 0.338 e. The molecule has 0 aliphatic carbocycles. The van der Waals surface area contributed by atoms with Gasteiger partial charge in [0.1, 0.15) is 0 Å². The number of non-ortho nitro benzene ring substituents is 1. The van der Waals surface area contributed by atoms with Gasteiger partial charge in [0.25, 0.3) is 5.69 Å². The highest BCUT2D eigenvalue weighted by Crippen LogP contribution is 2.36. The number of nitro benzene ring substituents is 1. The van der Waals surface area contributed by atoms with Gasteiger partial charge in [-0.15, -0.1) is 0 Å². The highest BCUT2D eigenvalue weighted by atomic mass is 35.5.